The van der Waals surface area contributed by atoms with Crippen LogP contribution in [0, 0.1) is 0 Å². The van der Waals surface area contributed by atoms with Crippen LogP contribution >= 0.6 is 11.6 Å². The Morgan fingerprint density at radius 3 is 2.96 bits per heavy atom. The lowest BCUT2D eigenvalue weighted by Crippen LogP contribution is -2.27. The molecule has 0 radical (unpaired) electrons. The summed E-state index contributed by atoms with van der Waals surface area (Å²) in [5.74, 6) is 0.338. The van der Waals surface area contributed by atoms with Crippen molar-refractivity contribution in [3.63, 3.8) is 0 Å². The van der Waals surface area contributed by atoms with Gasteiger partial charge in [-0.1, -0.05) is 17.7 Å². The number of hydrogen-bond donors (Lipinski definition) is 1. The smallest absolute Gasteiger partial charge is 0.387 e. The van der Waals surface area contributed by atoms with Crippen LogP contribution in [-0.2, 0) is 6.54 Å². The molecular formula is C18H14ClF2N3O2. The number of carbonyl (C=O) groups excluding carboxylic acids is 1. The molecule has 1 aromatic heterocycles. The Labute approximate surface area is 152 Å². The molecule has 26 heavy (non-hydrogen) atoms. The maximum absolute atomic E-state index is 12.5. The molecule has 2 aromatic carbocycles. The standard InChI is InChI=1S/C18H14ClF2N3O2/c19-11-4-5-13-15(9-11)24-7-6-14(16(24)22-13)23-17(25)10-2-1-3-12(8-10)26-18(20)21/h1-5,8-9,14,18H,6-7H2,(H,23,25)/t14-/m1/s1. The van der Waals surface area contributed by atoms with Gasteiger partial charge in [0.25, 0.3) is 5.91 Å². The molecule has 0 spiro atoms. The zero-order valence-corrected chi connectivity index (χ0v) is 14.2. The van der Waals surface area contributed by atoms with Gasteiger partial charge in [-0.15, -0.1) is 0 Å². The highest BCUT2D eigenvalue weighted by atomic mass is 35.5. The maximum Gasteiger partial charge on any atom is 0.387 e. The predicted octanol–water partition coefficient (Wildman–Crippen LogP) is 4.17. The van der Waals surface area contributed by atoms with Crippen molar-refractivity contribution in [3.8, 4) is 5.75 Å². The van der Waals surface area contributed by atoms with E-state index in [-0.39, 0.29) is 23.3 Å². The lowest BCUT2D eigenvalue weighted by molar-refractivity contribution is -0.0498. The Bertz CT molecular complexity index is 990. The highest BCUT2D eigenvalue weighted by Crippen LogP contribution is 2.31. The third-order valence-electron chi connectivity index (χ3n) is 4.32. The van der Waals surface area contributed by atoms with Crippen LogP contribution in [0.5, 0.6) is 5.75 Å². The number of carbonyl (C=O) groups is 1. The number of imidazole rings is 1. The van der Waals surface area contributed by atoms with Crippen molar-refractivity contribution >= 4 is 28.5 Å². The van der Waals surface area contributed by atoms with Crippen LogP contribution in [-0.4, -0.2) is 22.1 Å². The van der Waals surface area contributed by atoms with Gasteiger partial charge in [0, 0.05) is 17.1 Å². The second-order valence-electron chi connectivity index (χ2n) is 5.98. The van der Waals surface area contributed by atoms with Crippen LogP contribution in [0.2, 0.25) is 5.02 Å². The summed E-state index contributed by atoms with van der Waals surface area (Å²) in [6.07, 6.45) is 0.698. The second kappa shape index (κ2) is 6.57. The Morgan fingerprint density at radius 1 is 1.31 bits per heavy atom. The largest absolute Gasteiger partial charge is 0.435 e. The Hall–Kier alpha value is -2.67. The van der Waals surface area contributed by atoms with Gasteiger partial charge in [0.15, 0.2) is 0 Å². The predicted molar refractivity (Wildman–Crippen MR) is 92.6 cm³/mol. The number of rotatable bonds is 4. The van der Waals surface area contributed by atoms with E-state index in [4.69, 9.17) is 11.6 Å². The lowest BCUT2D eigenvalue weighted by atomic mass is 10.1. The Morgan fingerprint density at radius 2 is 2.15 bits per heavy atom. The number of ether oxygens (including phenoxy) is 1. The highest BCUT2D eigenvalue weighted by molar-refractivity contribution is 6.31. The molecule has 134 valence electrons. The summed E-state index contributed by atoms with van der Waals surface area (Å²) in [4.78, 5) is 17.1. The first kappa shape index (κ1) is 16.8. The number of nitrogens with one attached hydrogen (secondary N) is 1. The van der Waals surface area contributed by atoms with Gasteiger partial charge in [0.2, 0.25) is 0 Å². The molecule has 0 aliphatic carbocycles. The molecule has 5 nitrogen and oxygen atoms in total. The first-order valence-corrected chi connectivity index (χ1v) is 8.40. The van der Waals surface area contributed by atoms with Crippen molar-refractivity contribution in [2.75, 3.05) is 0 Å². The zero-order chi connectivity index (χ0) is 18.3. The molecule has 0 saturated heterocycles. The minimum atomic E-state index is -2.94. The van der Waals surface area contributed by atoms with Gasteiger partial charge in [0.05, 0.1) is 17.1 Å². The minimum Gasteiger partial charge on any atom is -0.435 e. The number of benzene rings is 2. The van der Waals surface area contributed by atoms with Gasteiger partial charge in [-0.3, -0.25) is 4.79 Å². The van der Waals surface area contributed by atoms with E-state index in [1.165, 1.54) is 18.2 Å². The molecule has 0 fully saturated rings. The highest BCUT2D eigenvalue weighted by Gasteiger charge is 2.28. The van der Waals surface area contributed by atoms with Gasteiger partial charge < -0.3 is 14.6 Å². The van der Waals surface area contributed by atoms with Gasteiger partial charge in [0.1, 0.15) is 11.6 Å². The molecule has 2 heterocycles. The van der Waals surface area contributed by atoms with E-state index in [1.54, 1.807) is 12.1 Å². The molecule has 1 aliphatic rings. The normalized spacial score (nSPS) is 16.1. The Balaban J connectivity index is 1.56. The maximum atomic E-state index is 12.5. The summed E-state index contributed by atoms with van der Waals surface area (Å²) < 4.78 is 31.0. The topological polar surface area (TPSA) is 56.2 Å². The summed E-state index contributed by atoms with van der Waals surface area (Å²) >= 11 is 6.05. The third-order valence-corrected chi connectivity index (χ3v) is 4.55. The first-order valence-electron chi connectivity index (χ1n) is 8.03. The number of hydrogen-bond acceptors (Lipinski definition) is 3. The summed E-state index contributed by atoms with van der Waals surface area (Å²) in [6, 6.07) is 10.9. The molecule has 1 aliphatic heterocycles. The zero-order valence-electron chi connectivity index (χ0n) is 13.5. The summed E-state index contributed by atoms with van der Waals surface area (Å²) in [5.41, 5.74) is 1.99. The van der Waals surface area contributed by atoms with Gasteiger partial charge in [-0.2, -0.15) is 8.78 Å². The third kappa shape index (κ3) is 3.10. The van der Waals surface area contributed by atoms with Gasteiger partial charge in [-0.25, -0.2) is 4.98 Å². The first-order chi connectivity index (χ1) is 12.5. The van der Waals surface area contributed by atoms with Crippen LogP contribution in [0.1, 0.15) is 28.6 Å². The number of fused-ring (bicyclic) bond motifs is 3. The van der Waals surface area contributed by atoms with E-state index >= 15 is 0 Å². The number of aromatic nitrogens is 2. The van der Waals surface area contributed by atoms with E-state index in [0.29, 0.717) is 18.0 Å². The van der Waals surface area contributed by atoms with E-state index in [0.717, 1.165) is 16.9 Å². The number of aryl methyl sites for hydroxylation is 1. The molecule has 3 aromatic rings. The average molecular weight is 378 g/mol. The monoisotopic (exact) mass is 377 g/mol. The van der Waals surface area contributed by atoms with Crippen LogP contribution in [0.4, 0.5) is 8.78 Å². The lowest BCUT2D eigenvalue weighted by Gasteiger charge is -2.12. The van der Waals surface area contributed by atoms with Crippen LogP contribution in [0.25, 0.3) is 11.0 Å². The van der Waals surface area contributed by atoms with E-state index in [2.05, 4.69) is 15.0 Å². The molecule has 4 rings (SSSR count). The number of alkyl halides is 2. The molecule has 8 heteroatoms. The van der Waals surface area contributed by atoms with Crippen molar-refractivity contribution in [2.24, 2.45) is 0 Å². The fraction of sp³-hybridized carbons (Fsp3) is 0.222. The van der Waals surface area contributed by atoms with Crippen molar-refractivity contribution in [1.29, 1.82) is 0 Å². The van der Waals surface area contributed by atoms with Crippen molar-refractivity contribution < 1.29 is 18.3 Å². The summed E-state index contributed by atoms with van der Waals surface area (Å²) in [7, 11) is 0. The quantitative estimate of drug-likeness (QED) is 0.742. The minimum absolute atomic E-state index is 0.0547. The number of halogens is 3. The molecule has 1 atom stereocenters. The van der Waals surface area contributed by atoms with Crippen LogP contribution in [0.15, 0.2) is 42.5 Å². The summed E-state index contributed by atoms with van der Waals surface area (Å²) in [6.45, 7) is -2.22. The van der Waals surface area contributed by atoms with Crippen molar-refractivity contribution in [1.82, 2.24) is 14.9 Å². The number of amides is 1. The van der Waals surface area contributed by atoms with Crippen molar-refractivity contribution in [2.45, 2.75) is 25.6 Å². The average Bonchev–Trinajstić information content (AvgIpc) is 3.14. The van der Waals surface area contributed by atoms with Crippen LogP contribution < -0.4 is 10.1 Å². The second-order valence-corrected chi connectivity index (χ2v) is 6.41. The van der Waals surface area contributed by atoms with Crippen molar-refractivity contribution in [3.05, 3.63) is 58.9 Å². The Kier molecular flexibility index (Phi) is 4.24. The van der Waals surface area contributed by atoms with E-state index in [9.17, 15) is 13.6 Å². The SMILES string of the molecule is O=C(N[C@@H]1CCn2c1nc1ccc(Cl)cc12)c1cccc(OC(F)F)c1. The molecular weight excluding hydrogens is 364 g/mol. The van der Waals surface area contributed by atoms with E-state index < -0.39 is 6.61 Å². The molecule has 1 N–H and O–H groups in total. The van der Waals surface area contributed by atoms with Crippen LogP contribution in [0.3, 0.4) is 0 Å². The van der Waals surface area contributed by atoms with Gasteiger partial charge in [-0.05, 0) is 42.8 Å². The molecule has 1 amide bonds. The number of nitrogens with zero attached hydrogens (tertiary/aromatic N) is 2. The molecule has 0 saturated carbocycles. The summed E-state index contributed by atoms with van der Waals surface area (Å²) in [5, 5.41) is 3.54. The molecule has 0 unspecified atom stereocenters. The fourth-order valence-corrected chi connectivity index (χ4v) is 3.36. The van der Waals surface area contributed by atoms with Gasteiger partial charge >= 0.3 is 6.61 Å². The molecule has 0 bridgehead atoms. The van der Waals surface area contributed by atoms with E-state index in [1.807, 2.05) is 16.7 Å². The fourth-order valence-electron chi connectivity index (χ4n) is 3.19.